The van der Waals surface area contributed by atoms with E-state index in [2.05, 4.69) is 0 Å². The van der Waals surface area contributed by atoms with Crippen molar-refractivity contribution in [2.24, 2.45) is 29.2 Å². The van der Waals surface area contributed by atoms with Crippen LogP contribution in [0.5, 0.6) is 0 Å². The topological polar surface area (TPSA) is 214 Å². The highest BCUT2D eigenvalue weighted by Gasteiger charge is 2.65. The second-order valence-electron chi connectivity index (χ2n) is 11.6. The Morgan fingerprint density at radius 2 is 1.62 bits per heavy atom. The summed E-state index contributed by atoms with van der Waals surface area (Å²) in [5.41, 5.74) is 9.80. The first-order chi connectivity index (χ1) is 21.0. The minimum absolute atomic E-state index is 0.0275. The minimum atomic E-state index is -2.98. The Morgan fingerprint density at radius 3 is 2.09 bits per heavy atom. The number of ketones is 1. The first kappa shape index (κ1) is 34.6. The number of amides is 3. The van der Waals surface area contributed by atoms with Crippen molar-refractivity contribution in [3.05, 3.63) is 65.7 Å². The van der Waals surface area contributed by atoms with Gasteiger partial charge in [-0.05, 0) is 50.8 Å². The van der Waals surface area contributed by atoms with Gasteiger partial charge in [-0.3, -0.25) is 34.3 Å². The van der Waals surface area contributed by atoms with E-state index >= 15 is 0 Å². The van der Waals surface area contributed by atoms with Crippen LogP contribution in [0, 0.1) is 23.2 Å². The Labute approximate surface area is 261 Å². The molecular formula is C32H39N5O8. The number of nitrogens with one attached hydrogen (secondary N) is 1. The molecule has 45 heavy (non-hydrogen) atoms. The van der Waals surface area contributed by atoms with Crippen molar-refractivity contribution in [3.8, 4) is 0 Å². The number of nitrogens with zero attached hydrogens (tertiary/aromatic N) is 2. The van der Waals surface area contributed by atoms with Crippen molar-refractivity contribution in [1.29, 1.82) is 5.41 Å². The number of para-hydroxylation sites is 1. The molecule has 0 spiro atoms. The number of carbonyl (C=O) groups is 6. The lowest BCUT2D eigenvalue weighted by Crippen LogP contribution is -2.75. The summed E-state index contributed by atoms with van der Waals surface area (Å²) >= 11 is 0. The molecule has 4 atom stereocenters. The zero-order valence-electron chi connectivity index (χ0n) is 25.9. The predicted octanol–water partition coefficient (Wildman–Crippen LogP) is 1.84. The second-order valence-corrected chi connectivity index (χ2v) is 11.6. The van der Waals surface area contributed by atoms with Gasteiger partial charge in [0.15, 0.2) is 5.78 Å². The van der Waals surface area contributed by atoms with Gasteiger partial charge >= 0.3 is 11.9 Å². The Balaban J connectivity index is 2.26. The van der Waals surface area contributed by atoms with Crippen molar-refractivity contribution >= 4 is 47.0 Å². The summed E-state index contributed by atoms with van der Waals surface area (Å²) in [4.78, 5) is 83.7. The highest BCUT2D eigenvalue weighted by Crippen LogP contribution is 2.38. The van der Waals surface area contributed by atoms with Crippen molar-refractivity contribution in [2.75, 3.05) is 4.90 Å². The van der Waals surface area contributed by atoms with E-state index in [4.69, 9.17) is 21.6 Å². The quantitative estimate of drug-likeness (QED) is 0.0837. The van der Waals surface area contributed by atoms with Gasteiger partial charge in [0.25, 0.3) is 5.66 Å². The fourth-order valence-corrected chi connectivity index (χ4v) is 5.54. The van der Waals surface area contributed by atoms with Gasteiger partial charge in [0.05, 0.1) is 24.0 Å². The molecule has 0 aromatic heterocycles. The van der Waals surface area contributed by atoms with E-state index < -0.39 is 77.4 Å². The monoisotopic (exact) mass is 621 g/mol. The van der Waals surface area contributed by atoms with Crippen molar-refractivity contribution < 1.29 is 38.6 Å². The molecule has 3 rings (SSSR count). The van der Waals surface area contributed by atoms with E-state index in [9.17, 15) is 33.9 Å². The van der Waals surface area contributed by atoms with E-state index in [1.807, 2.05) is 0 Å². The first-order valence-electron chi connectivity index (χ1n) is 14.4. The van der Waals surface area contributed by atoms with E-state index in [0.29, 0.717) is 20.9 Å². The molecule has 2 aromatic carbocycles. The molecule has 13 heteroatoms. The number of nitrogens with two attached hydrogens (primary N) is 2. The normalized spacial score (nSPS) is 17.5. The third-order valence-corrected chi connectivity index (χ3v) is 7.66. The average molecular weight is 622 g/mol. The van der Waals surface area contributed by atoms with Crippen LogP contribution in [-0.4, -0.2) is 69.1 Å². The maximum absolute atomic E-state index is 14.4. The number of ether oxygens (including phenoxy) is 1. The van der Waals surface area contributed by atoms with Crippen LogP contribution in [0.15, 0.2) is 54.6 Å². The number of rotatable bonds is 13. The molecule has 2 unspecified atom stereocenters. The molecule has 0 bridgehead atoms. The molecular weight excluding hydrogens is 582 g/mol. The maximum Gasteiger partial charge on any atom is 0.362 e. The van der Waals surface area contributed by atoms with Gasteiger partial charge in [0.2, 0.25) is 17.7 Å². The second kappa shape index (κ2) is 13.8. The number of aliphatic carboxylic acids is 1. The zero-order chi connectivity index (χ0) is 33.8. The number of benzene rings is 2. The Bertz CT molecular complexity index is 1490. The number of carboxylic acid groups (broad SMARTS) is 1. The number of nitrogen functional groups attached to an aromatic ring is 1. The van der Waals surface area contributed by atoms with Crippen LogP contribution in [0.25, 0.3) is 0 Å². The minimum Gasteiger partial charge on any atom is -0.481 e. The summed E-state index contributed by atoms with van der Waals surface area (Å²) < 4.78 is 5.47. The van der Waals surface area contributed by atoms with Gasteiger partial charge in [0.1, 0.15) is 5.84 Å². The number of hydrogen-bond donors (Lipinski definition) is 4. The molecule has 2 aromatic rings. The summed E-state index contributed by atoms with van der Waals surface area (Å²) in [5.74, 6) is -10.2. The average Bonchev–Trinajstić information content (AvgIpc) is 3.23. The number of esters is 1. The van der Waals surface area contributed by atoms with Gasteiger partial charge in [-0.1, -0.05) is 56.3 Å². The van der Waals surface area contributed by atoms with E-state index in [1.165, 1.54) is 38.1 Å². The molecule has 1 aliphatic rings. The molecule has 13 nitrogen and oxygen atoms in total. The largest absolute Gasteiger partial charge is 0.481 e. The van der Waals surface area contributed by atoms with Gasteiger partial charge in [0, 0.05) is 17.7 Å². The Hall–Kier alpha value is -4.91. The zero-order valence-corrected chi connectivity index (χ0v) is 25.9. The number of hydrogen-bond acceptors (Lipinski definition) is 9. The number of anilines is 1. The molecule has 1 heterocycles. The third-order valence-electron chi connectivity index (χ3n) is 7.66. The van der Waals surface area contributed by atoms with Crippen molar-refractivity contribution in [3.63, 3.8) is 0 Å². The van der Waals surface area contributed by atoms with Crippen LogP contribution in [0.1, 0.15) is 52.2 Å². The summed E-state index contributed by atoms with van der Waals surface area (Å²) in [7, 11) is 0. The maximum atomic E-state index is 14.4. The van der Waals surface area contributed by atoms with Crippen LogP contribution in [0.4, 0.5) is 5.69 Å². The fraction of sp³-hybridized carbons (Fsp3) is 0.406. The van der Waals surface area contributed by atoms with Gasteiger partial charge in [-0.25, -0.2) is 9.69 Å². The van der Waals surface area contributed by atoms with Gasteiger partial charge in [-0.2, -0.15) is 0 Å². The smallest absolute Gasteiger partial charge is 0.362 e. The molecule has 0 saturated carbocycles. The lowest BCUT2D eigenvalue weighted by molar-refractivity contribution is -0.174. The standard InChI is InChI=1S/C32H39N5O8/c1-17(2)25(30(42)43)26(33)29(41)36(23-9-7-6-8-10-23)32(19(5)38,31(44)45-18(3)4)37-24(39)16-22(28(37)40)15-20-11-13-21(14-12-20)27(34)35/h6-14,17-18,22,25-26H,15-16,33H2,1-5H3,(H3,34,35)(H,42,43)/t22?,25?,26-,32+/m0/s1. The number of carbonyl (C=O) groups excluding carboxylic acids is 5. The molecule has 0 aliphatic carbocycles. The molecule has 240 valence electrons. The molecule has 0 radical (unpaired) electrons. The molecule has 6 N–H and O–H groups in total. The number of imide groups is 1. The molecule has 1 fully saturated rings. The van der Waals surface area contributed by atoms with Crippen LogP contribution < -0.4 is 16.4 Å². The summed E-state index contributed by atoms with van der Waals surface area (Å²) in [6.07, 6.45) is -1.22. The molecule has 3 amide bonds. The number of amidine groups is 1. The van der Waals surface area contributed by atoms with E-state index in [0.717, 1.165) is 6.92 Å². The lowest BCUT2D eigenvalue weighted by Gasteiger charge is -2.45. The highest BCUT2D eigenvalue weighted by molar-refractivity contribution is 6.23. The SMILES string of the molecule is CC(=O)[C@](C(=O)OC(C)C)(N1C(=O)CC(Cc2ccc(C(=N)N)cc2)C1=O)N(C(=O)[C@@H](N)C(C(=O)O)C(C)C)c1ccccc1. The van der Waals surface area contributed by atoms with Crippen LogP contribution in [-0.2, 0) is 39.9 Å². The van der Waals surface area contributed by atoms with Crippen LogP contribution >= 0.6 is 0 Å². The highest BCUT2D eigenvalue weighted by atomic mass is 16.5. The third kappa shape index (κ3) is 6.78. The van der Waals surface area contributed by atoms with E-state index in [1.54, 1.807) is 44.2 Å². The lowest BCUT2D eigenvalue weighted by atomic mass is 9.87. The summed E-state index contributed by atoms with van der Waals surface area (Å²) in [6.45, 7) is 7.02. The predicted molar refractivity (Wildman–Crippen MR) is 164 cm³/mol. The first-order valence-corrected chi connectivity index (χ1v) is 14.4. The number of carboxylic acids is 1. The molecule has 1 saturated heterocycles. The number of likely N-dealkylation sites (tertiary alicyclic amines) is 1. The van der Waals surface area contributed by atoms with Gasteiger partial charge in [-0.15, -0.1) is 0 Å². The summed E-state index contributed by atoms with van der Waals surface area (Å²) in [5, 5.41) is 17.5. The molecule has 1 aliphatic heterocycles. The van der Waals surface area contributed by atoms with Crippen LogP contribution in [0.2, 0.25) is 0 Å². The van der Waals surface area contributed by atoms with Gasteiger partial charge < -0.3 is 21.3 Å². The van der Waals surface area contributed by atoms with Crippen molar-refractivity contribution in [1.82, 2.24) is 4.90 Å². The Morgan fingerprint density at radius 1 is 1.04 bits per heavy atom. The fourth-order valence-electron chi connectivity index (χ4n) is 5.54. The van der Waals surface area contributed by atoms with E-state index in [-0.39, 0.29) is 17.9 Å². The van der Waals surface area contributed by atoms with Crippen LogP contribution in [0.3, 0.4) is 0 Å². The summed E-state index contributed by atoms with van der Waals surface area (Å²) in [6, 6.07) is 12.0. The number of Topliss-reactive ketones (excluding diaryl/α,β-unsaturated/α-hetero) is 1. The Kier molecular flexibility index (Phi) is 10.6. The van der Waals surface area contributed by atoms with Crippen molar-refractivity contribution in [2.45, 2.75) is 65.3 Å².